The first-order valence-electron chi connectivity index (χ1n) is 10.6. The molecule has 0 spiro atoms. The van der Waals surface area contributed by atoms with Crippen LogP contribution in [-0.2, 0) is 24.8 Å². The number of nitrogens with zero attached hydrogens (tertiary/aromatic N) is 1. The van der Waals surface area contributed by atoms with Crippen LogP contribution in [0.25, 0.3) is 0 Å². The Labute approximate surface area is 186 Å². The van der Waals surface area contributed by atoms with Gasteiger partial charge in [-0.25, -0.2) is 4.79 Å². The van der Waals surface area contributed by atoms with Crippen LogP contribution in [0.3, 0.4) is 0 Å². The highest BCUT2D eigenvalue weighted by atomic mass is 16.7. The van der Waals surface area contributed by atoms with Gasteiger partial charge in [-0.2, -0.15) is 0 Å². The van der Waals surface area contributed by atoms with Gasteiger partial charge in [-0.3, -0.25) is 14.9 Å². The van der Waals surface area contributed by atoms with Crippen molar-refractivity contribution in [3.63, 3.8) is 0 Å². The highest BCUT2D eigenvalue weighted by Gasteiger charge is 2.36. The molecule has 1 N–H and O–H groups in total. The number of carbonyl (C=O) groups excluding carboxylic acids is 3. The first-order valence-corrected chi connectivity index (χ1v) is 10.6. The Bertz CT molecular complexity index is 972. The Morgan fingerprint density at radius 2 is 1.16 bits per heavy atom. The number of hydroxylamine groups is 2. The normalized spacial score (nSPS) is 13.9. The number of hydrogen-bond acceptors (Lipinski definition) is 5. The van der Waals surface area contributed by atoms with Crippen LogP contribution in [0.2, 0.25) is 0 Å². The van der Waals surface area contributed by atoms with Gasteiger partial charge < -0.3 is 4.84 Å². The highest BCUT2D eigenvalue weighted by molar-refractivity contribution is 6.01. The van der Waals surface area contributed by atoms with Crippen LogP contribution in [0.4, 0.5) is 0 Å². The Kier molecular flexibility index (Phi) is 6.42. The molecule has 4 rings (SSSR count). The van der Waals surface area contributed by atoms with E-state index >= 15 is 0 Å². The lowest BCUT2D eigenvalue weighted by atomic mass is 9.77. The summed E-state index contributed by atoms with van der Waals surface area (Å²) in [6, 6.07) is 30.1. The van der Waals surface area contributed by atoms with Gasteiger partial charge in [0.05, 0.1) is 12.0 Å². The van der Waals surface area contributed by atoms with Gasteiger partial charge >= 0.3 is 5.97 Å². The van der Waals surface area contributed by atoms with E-state index in [0.717, 1.165) is 16.7 Å². The Balaban J connectivity index is 1.62. The summed E-state index contributed by atoms with van der Waals surface area (Å²) < 4.78 is 0. The van der Waals surface area contributed by atoms with E-state index in [9.17, 15) is 14.4 Å². The number of imide groups is 1. The maximum absolute atomic E-state index is 12.4. The van der Waals surface area contributed by atoms with Gasteiger partial charge in [0.2, 0.25) is 0 Å². The van der Waals surface area contributed by atoms with Crippen LogP contribution in [0.1, 0.15) is 36.0 Å². The van der Waals surface area contributed by atoms with Crippen molar-refractivity contribution in [2.45, 2.75) is 24.8 Å². The van der Waals surface area contributed by atoms with Crippen molar-refractivity contribution >= 4 is 17.8 Å². The van der Waals surface area contributed by atoms with E-state index in [1.807, 2.05) is 91.0 Å². The highest BCUT2D eigenvalue weighted by Crippen LogP contribution is 2.36. The predicted octanol–water partition coefficient (Wildman–Crippen LogP) is 3.57. The summed E-state index contributed by atoms with van der Waals surface area (Å²) in [4.78, 5) is 40.8. The minimum atomic E-state index is -0.705. The number of nitrogens with one attached hydrogen (secondary N) is 1. The zero-order chi connectivity index (χ0) is 22.4. The average Bonchev–Trinajstić information content (AvgIpc) is 3.16. The maximum atomic E-state index is 12.4. The van der Waals surface area contributed by atoms with Gasteiger partial charge in [0.25, 0.3) is 11.8 Å². The number of hydrogen-bond donors (Lipinski definition) is 1. The van der Waals surface area contributed by atoms with E-state index in [-0.39, 0.29) is 25.8 Å². The molecule has 1 aliphatic rings. The molecule has 32 heavy (non-hydrogen) atoms. The van der Waals surface area contributed by atoms with Gasteiger partial charge in [0.15, 0.2) is 0 Å². The number of benzene rings is 3. The largest absolute Gasteiger partial charge is 0.334 e. The van der Waals surface area contributed by atoms with E-state index in [1.54, 1.807) is 0 Å². The van der Waals surface area contributed by atoms with Gasteiger partial charge in [-0.1, -0.05) is 91.0 Å². The van der Waals surface area contributed by atoms with Crippen molar-refractivity contribution in [1.29, 1.82) is 0 Å². The summed E-state index contributed by atoms with van der Waals surface area (Å²) in [6.07, 6.45) is 0.137. The van der Waals surface area contributed by atoms with Crippen molar-refractivity contribution in [1.82, 2.24) is 10.4 Å². The number of carbonyl (C=O) groups is 3. The van der Waals surface area contributed by atoms with Crippen molar-refractivity contribution < 1.29 is 19.2 Å². The fourth-order valence-corrected chi connectivity index (χ4v) is 4.03. The van der Waals surface area contributed by atoms with Crippen LogP contribution < -0.4 is 5.32 Å². The molecule has 1 fully saturated rings. The average molecular weight is 428 g/mol. The summed E-state index contributed by atoms with van der Waals surface area (Å²) >= 11 is 0. The topological polar surface area (TPSA) is 75.7 Å². The van der Waals surface area contributed by atoms with E-state index in [0.29, 0.717) is 5.06 Å². The quantitative estimate of drug-likeness (QED) is 0.439. The van der Waals surface area contributed by atoms with Gasteiger partial charge in [-0.15, -0.1) is 5.06 Å². The molecule has 6 nitrogen and oxygen atoms in total. The predicted molar refractivity (Wildman–Crippen MR) is 119 cm³/mol. The first-order chi connectivity index (χ1) is 15.6. The van der Waals surface area contributed by atoms with Crippen LogP contribution in [0, 0.1) is 0 Å². The Hall–Kier alpha value is -3.77. The van der Waals surface area contributed by atoms with Crippen molar-refractivity contribution in [3.05, 3.63) is 108 Å². The third kappa shape index (κ3) is 4.31. The molecule has 0 unspecified atom stereocenters. The molecule has 1 saturated heterocycles. The maximum Gasteiger partial charge on any atom is 0.334 e. The Morgan fingerprint density at radius 1 is 0.750 bits per heavy atom. The minimum absolute atomic E-state index is 0.00862. The molecule has 3 aromatic rings. The lowest BCUT2D eigenvalue weighted by Gasteiger charge is -2.37. The van der Waals surface area contributed by atoms with Gasteiger partial charge in [0.1, 0.15) is 0 Å². The summed E-state index contributed by atoms with van der Waals surface area (Å²) in [7, 11) is 0. The third-order valence-electron chi connectivity index (χ3n) is 5.54. The smallest absolute Gasteiger partial charge is 0.330 e. The summed E-state index contributed by atoms with van der Waals surface area (Å²) in [5.74, 6) is -1.60. The van der Waals surface area contributed by atoms with Crippen LogP contribution >= 0.6 is 0 Å². The van der Waals surface area contributed by atoms with E-state index < -0.39 is 23.3 Å². The molecule has 6 heteroatoms. The fraction of sp³-hybridized carbons (Fsp3) is 0.192. The van der Waals surface area contributed by atoms with Crippen LogP contribution in [0.5, 0.6) is 0 Å². The molecule has 0 aromatic heterocycles. The number of amides is 2. The van der Waals surface area contributed by atoms with Crippen molar-refractivity contribution in [3.8, 4) is 0 Å². The summed E-state index contributed by atoms with van der Waals surface area (Å²) in [5, 5.41) is 4.16. The molecular weight excluding hydrogens is 404 g/mol. The summed E-state index contributed by atoms with van der Waals surface area (Å²) in [6.45, 7) is 0.272. The molecule has 2 amide bonds. The molecule has 3 aromatic carbocycles. The monoisotopic (exact) mass is 428 g/mol. The van der Waals surface area contributed by atoms with E-state index in [4.69, 9.17) is 4.84 Å². The molecule has 0 aliphatic carbocycles. The fourth-order valence-electron chi connectivity index (χ4n) is 4.03. The molecule has 1 aliphatic heterocycles. The van der Waals surface area contributed by atoms with Crippen molar-refractivity contribution in [2.75, 3.05) is 6.54 Å². The molecule has 0 bridgehead atoms. The number of rotatable bonds is 8. The Morgan fingerprint density at radius 3 is 1.56 bits per heavy atom. The lowest BCUT2D eigenvalue weighted by molar-refractivity contribution is -0.197. The van der Waals surface area contributed by atoms with Gasteiger partial charge in [0, 0.05) is 19.4 Å². The molecule has 0 saturated carbocycles. The van der Waals surface area contributed by atoms with Crippen molar-refractivity contribution in [2.24, 2.45) is 0 Å². The molecule has 0 radical (unpaired) electrons. The molecule has 1 heterocycles. The van der Waals surface area contributed by atoms with Crippen LogP contribution in [-0.4, -0.2) is 29.4 Å². The molecule has 162 valence electrons. The van der Waals surface area contributed by atoms with E-state index in [2.05, 4.69) is 5.32 Å². The zero-order valence-corrected chi connectivity index (χ0v) is 17.6. The molecular formula is C26H24N2O4. The lowest BCUT2D eigenvalue weighted by Crippen LogP contribution is -2.45. The third-order valence-corrected chi connectivity index (χ3v) is 5.54. The second-order valence-corrected chi connectivity index (χ2v) is 7.57. The van der Waals surface area contributed by atoms with Crippen LogP contribution in [0.15, 0.2) is 91.0 Å². The molecule has 0 atom stereocenters. The standard InChI is InChI=1S/C26H24N2O4/c29-23-16-17-24(30)28(23)32-25(31)18-19-27-26(20-10-4-1-5-11-20,21-12-6-2-7-13-21)22-14-8-3-9-15-22/h1-15,27H,16-19H2. The first kappa shape index (κ1) is 21.5. The second kappa shape index (κ2) is 9.58. The minimum Gasteiger partial charge on any atom is -0.330 e. The SMILES string of the molecule is O=C(CCNC(c1ccccc1)(c1ccccc1)c1ccccc1)ON1C(=O)CCC1=O. The summed E-state index contributed by atoms with van der Waals surface area (Å²) in [5.41, 5.74) is 2.37. The van der Waals surface area contributed by atoms with E-state index in [1.165, 1.54) is 0 Å². The second-order valence-electron chi connectivity index (χ2n) is 7.57. The van der Waals surface area contributed by atoms with Gasteiger partial charge in [-0.05, 0) is 16.7 Å². The zero-order valence-electron chi connectivity index (χ0n) is 17.6.